The molecule has 0 radical (unpaired) electrons. The first-order valence-corrected chi connectivity index (χ1v) is 10.7. The molecule has 0 spiro atoms. The van der Waals surface area contributed by atoms with Crippen LogP contribution in [0.15, 0.2) is 54.6 Å². The van der Waals surface area contributed by atoms with E-state index in [1.807, 2.05) is 18.2 Å². The van der Waals surface area contributed by atoms with Crippen molar-refractivity contribution in [1.29, 1.82) is 0 Å². The fourth-order valence-electron chi connectivity index (χ4n) is 5.34. The molecule has 2 aromatic rings. The van der Waals surface area contributed by atoms with Crippen LogP contribution >= 0.6 is 0 Å². The van der Waals surface area contributed by atoms with Crippen LogP contribution in [0, 0.1) is 11.8 Å². The number of imide groups is 1. The summed E-state index contributed by atoms with van der Waals surface area (Å²) in [5.74, 6) is -0.412. The van der Waals surface area contributed by atoms with E-state index in [1.54, 1.807) is 0 Å². The minimum atomic E-state index is -1.06. The third-order valence-electron chi connectivity index (χ3n) is 6.77. The van der Waals surface area contributed by atoms with Crippen molar-refractivity contribution in [3.63, 3.8) is 0 Å². The van der Waals surface area contributed by atoms with Crippen molar-refractivity contribution in [2.75, 3.05) is 19.6 Å². The number of hydrogen-bond donors (Lipinski definition) is 1. The number of hydrogen-bond acceptors (Lipinski definition) is 4. The molecule has 3 atom stereocenters. The normalized spacial score (nSPS) is 26.0. The fourth-order valence-corrected chi connectivity index (χ4v) is 5.34. The third-order valence-corrected chi connectivity index (χ3v) is 6.77. The molecule has 5 rings (SSSR count). The van der Waals surface area contributed by atoms with Crippen LogP contribution in [-0.4, -0.2) is 63.5 Å². The number of carbonyl (C=O) groups excluding carboxylic acids is 2. The Hall–Kier alpha value is -3.19. The Bertz CT molecular complexity index is 991. The van der Waals surface area contributed by atoms with Crippen molar-refractivity contribution in [1.82, 2.24) is 14.7 Å². The summed E-state index contributed by atoms with van der Waals surface area (Å²) in [5, 5.41) is 9.66. The summed E-state index contributed by atoms with van der Waals surface area (Å²) in [4.78, 5) is 41.3. The number of nitrogens with zero attached hydrogens (tertiary/aromatic N) is 3. The number of carbonyl (C=O) groups is 3. The monoisotopic (exact) mass is 419 g/mol. The van der Waals surface area contributed by atoms with Gasteiger partial charge >= 0.3 is 6.09 Å². The maximum Gasteiger partial charge on any atom is 0.408 e. The van der Waals surface area contributed by atoms with Gasteiger partial charge in [0, 0.05) is 44.9 Å². The van der Waals surface area contributed by atoms with Gasteiger partial charge in [0.15, 0.2) is 0 Å². The third kappa shape index (κ3) is 3.59. The molecule has 31 heavy (non-hydrogen) atoms. The van der Waals surface area contributed by atoms with E-state index in [-0.39, 0.29) is 36.5 Å². The predicted molar refractivity (Wildman–Crippen MR) is 114 cm³/mol. The lowest BCUT2D eigenvalue weighted by Crippen LogP contribution is -2.53. The molecule has 1 N–H and O–H groups in total. The predicted octanol–water partition coefficient (Wildman–Crippen LogP) is 2.87. The van der Waals surface area contributed by atoms with Gasteiger partial charge in [-0.05, 0) is 22.6 Å². The van der Waals surface area contributed by atoms with Crippen molar-refractivity contribution in [3.8, 4) is 11.1 Å². The summed E-state index contributed by atoms with van der Waals surface area (Å²) < 4.78 is 0. The van der Waals surface area contributed by atoms with Gasteiger partial charge in [0.25, 0.3) is 0 Å². The van der Waals surface area contributed by atoms with Crippen LogP contribution in [0.5, 0.6) is 0 Å². The Morgan fingerprint density at radius 2 is 1.52 bits per heavy atom. The fraction of sp³-hybridized carbons (Fsp3) is 0.375. The van der Waals surface area contributed by atoms with Crippen LogP contribution < -0.4 is 0 Å². The summed E-state index contributed by atoms with van der Waals surface area (Å²) in [6.07, 6.45) is -1.37. The number of rotatable bonds is 4. The number of amides is 3. The highest BCUT2D eigenvalue weighted by Gasteiger charge is 2.54. The second-order valence-corrected chi connectivity index (χ2v) is 8.69. The summed E-state index contributed by atoms with van der Waals surface area (Å²) >= 11 is 0. The van der Waals surface area contributed by atoms with Crippen molar-refractivity contribution >= 4 is 17.9 Å². The van der Waals surface area contributed by atoms with Gasteiger partial charge in [-0.1, -0.05) is 54.6 Å². The number of carboxylic acid groups (broad SMARTS) is 1. The molecule has 7 nitrogen and oxygen atoms in total. The highest BCUT2D eigenvalue weighted by molar-refractivity contribution is 6.02. The average molecular weight is 419 g/mol. The Morgan fingerprint density at radius 3 is 2.16 bits per heavy atom. The van der Waals surface area contributed by atoms with Gasteiger partial charge in [0.2, 0.25) is 11.8 Å². The first-order chi connectivity index (χ1) is 15.0. The lowest BCUT2D eigenvalue weighted by molar-refractivity contribution is -0.145. The summed E-state index contributed by atoms with van der Waals surface area (Å²) in [6, 6.07) is 18.7. The van der Waals surface area contributed by atoms with Crippen molar-refractivity contribution < 1.29 is 19.5 Å². The molecule has 2 aromatic carbocycles. The van der Waals surface area contributed by atoms with Gasteiger partial charge in [-0.25, -0.2) is 4.79 Å². The van der Waals surface area contributed by atoms with E-state index < -0.39 is 12.3 Å². The Kier molecular flexibility index (Phi) is 4.98. The van der Waals surface area contributed by atoms with Crippen LogP contribution in [0.3, 0.4) is 0 Å². The summed E-state index contributed by atoms with van der Waals surface area (Å²) in [5.41, 5.74) is 3.55. The van der Waals surface area contributed by atoms with Gasteiger partial charge < -0.3 is 5.11 Å². The van der Waals surface area contributed by atoms with Crippen LogP contribution in [0.4, 0.5) is 4.79 Å². The molecular formula is C24H25N3O4. The van der Waals surface area contributed by atoms with Crippen molar-refractivity contribution in [3.05, 3.63) is 60.2 Å². The number of fused-ring (bicyclic) bond motifs is 1. The molecule has 160 valence electrons. The highest BCUT2D eigenvalue weighted by atomic mass is 16.4. The molecule has 3 unspecified atom stereocenters. The zero-order valence-corrected chi connectivity index (χ0v) is 17.2. The lowest BCUT2D eigenvalue weighted by Gasteiger charge is -2.33. The molecule has 3 amide bonds. The van der Waals surface area contributed by atoms with Crippen LogP contribution in [0.25, 0.3) is 11.1 Å². The van der Waals surface area contributed by atoms with E-state index in [0.29, 0.717) is 13.1 Å². The second-order valence-electron chi connectivity index (χ2n) is 8.69. The van der Waals surface area contributed by atoms with Crippen LogP contribution in [0.1, 0.15) is 18.4 Å². The standard InChI is InChI=1S/C24H25N3O4/c28-21-10-11-22(29)27(21)23-20-15-25(13-19(20)14-26(23)24(30)31)12-16-6-8-18(9-7-16)17-4-2-1-3-5-17/h1-9,19-20,23H,10-15H2,(H,30,31). The summed E-state index contributed by atoms with van der Waals surface area (Å²) in [7, 11) is 0. The Labute approximate surface area is 180 Å². The van der Waals surface area contributed by atoms with E-state index in [4.69, 9.17) is 0 Å². The maximum atomic E-state index is 12.3. The Balaban J connectivity index is 1.30. The Morgan fingerprint density at radius 1 is 0.871 bits per heavy atom. The first-order valence-electron chi connectivity index (χ1n) is 10.7. The molecule has 3 aliphatic heterocycles. The van der Waals surface area contributed by atoms with E-state index in [0.717, 1.165) is 13.1 Å². The topological polar surface area (TPSA) is 81.2 Å². The van der Waals surface area contributed by atoms with Crippen LogP contribution in [0.2, 0.25) is 0 Å². The first kappa shape index (κ1) is 19.8. The quantitative estimate of drug-likeness (QED) is 0.771. The molecule has 0 aliphatic carbocycles. The number of benzene rings is 2. The van der Waals surface area contributed by atoms with Crippen LogP contribution in [-0.2, 0) is 16.1 Å². The van der Waals surface area contributed by atoms with Gasteiger partial charge in [0.1, 0.15) is 6.17 Å². The largest absolute Gasteiger partial charge is 0.465 e. The molecule has 7 heteroatoms. The van der Waals surface area contributed by atoms with E-state index >= 15 is 0 Å². The van der Waals surface area contributed by atoms with Crippen molar-refractivity contribution in [2.45, 2.75) is 25.6 Å². The van der Waals surface area contributed by atoms with Crippen molar-refractivity contribution in [2.24, 2.45) is 11.8 Å². The summed E-state index contributed by atoms with van der Waals surface area (Å²) in [6.45, 7) is 2.58. The van der Waals surface area contributed by atoms with E-state index in [1.165, 1.54) is 26.5 Å². The minimum absolute atomic E-state index is 0.0364. The highest BCUT2D eigenvalue weighted by Crippen LogP contribution is 2.40. The maximum absolute atomic E-state index is 12.3. The zero-order valence-electron chi connectivity index (χ0n) is 17.2. The molecule has 3 aliphatic rings. The van der Waals surface area contributed by atoms with Gasteiger partial charge in [0.05, 0.1) is 0 Å². The molecule has 0 bridgehead atoms. The molecule has 3 saturated heterocycles. The number of likely N-dealkylation sites (tertiary alicyclic amines) is 3. The molecule has 3 heterocycles. The molecular weight excluding hydrogens is 394 g/mol. The zero-order chi connectivity index (χ0) is 21.5. The van der Waals surface area contributed by atoms with E-state index in [2.05, 4.69) is 41.3 Å². The lowest BCUT2D eigenvalue weighted by atomic mass is 9.97. The second kappa shape index (κ2) is 7.81. The minimum Gasteiger partial charge on any atom is -0.465 e. The average Bonchev–Trinajstić information content (AvgIpc) is 3.42. The SMILES string of the molecule is O=C(O)N1CC2CN(Cc3ccc(-c4ccccc4)cc3)CC2C1N1C(=O)CCC1=O. The van der Waals surface area contributed by atoms with E-state index in [9.17, 15) is 19.5 Å². The smallest absolute Gasteiger partial charge is 0.408 e. The van der Waals surface area contributed by atoms with Gasteiger partial charge in [-0.3, -0.25) is 24.3 Å². The molecule has 3 fully saturated rings. The van der Waals surface area contributed by atoms with Gasteiger partial charge in [-0.15, -0.1) is 0 Å². The van der Waals surface area contributed by atoms with Gasteiger partial charge in [-0.2, -0.15) is 0 Å². The molecule has 0 saturated carbocycles. The molecule has 0 aromatic heterocycles.